The van der Waals surface area contributed by atoms with E-state index in [4.69, 9.17) is 0 Å². The second-order valence-electron chi connectivity index (χ2n) is 5.59. The Hall–Kier alpha value is -1.13. The molecule has 1 saturated heterocycles. The normalized spacial score (nSPS) is 24.3. The van der Waals surface area contributed by atoms with E-state index >= 15 is 0 Å². The van der Waals surface area contributed by atoms with Gasteiger partial charge in [-0.1, -0.05) is 12.1 Å². The van der Waals surface area contributed by atoms with Gasteiger partial charge in [-0.2, -0.15) is 0 Å². The fourth-order valence-electron chi connectivity index (χ4n) is 2.59. The molecule has 4 heteroatoms. The lowest BCUT2D eigenvalue weighted by Crippen LogP contribution is -2.63. The van der Waals surface area contributed by atoms with Crippen LogP contribution in [0.3, 0.4) is 0 Å². The molecular weight excluding hydrogens is 231 g/mol. The van der Waals surface area contributed by atoms with Gasteiger partial charge in [-0.05, 0) is 33.0 Å². The molecule has 18 heavy (non-hydrogen) atoms. The summed E-state index contributed by atoms with van der Waals surface area (Å²) in [5.41, 5.74) is 0.533. The van der Waals surface area contributed by atoms with Gasteiger partial charge in [0.25, 0.3) is 0 Å². The number of piperazine rings is 1. The number of hydrogen-bond donors (Lipinski definition) is 1. The van der Waals surface area contributed by atoms with Crippen molar-refractivity contribution in [3.05, 3.63) is 30.1 Å². The molecule has 1 atom stereocenters. The first-order valence-corrected chi connectivity index (χ1v) is 6.29. The molecule has 1 unspecified atom stereocenters. The van der Waals surface area contributed by atoms with Crippen molar-refractivity contribution in [2.24, 2.45) is 0 Å². The quantitative estimate of drug-likeness (QED) is 0.868. The average Bonchev–Trinajstić information content (AvgIpc) is 2.33. The number of aliphatic hydroxyl groups excluding tert-OH is 1. The number of rotatable bonds is 2. The molecule has 0 spiro atoms. The Bertz CT molecular complexity index is 422. The molecule has 0 radical (unpaired) electrons. The van der Waals surface area contributed by atoms with Crippen molar-refractivity contribution in [2.75, 3.05) is 31.6 Å². The zero-order valence-corrected chi connectivity index (χ0v) is 11.2. The second-order valence-corrected chi connectivity index (χ2v) is 5.59. The molecule has 0 saturated carbocycles. The van der Waals surface area contributed by atoms with Crippen LogP contribution in [0.4, 0.5) is 10.1 Å². The summed E-state index contributed by atoms with van der Waals surface area (Å²) in [6, 6.07) is 6.86. The molecule has 3 nitrogen and oxygen atoms in total. The van der Waals surface area contributed by atoms with E-state index in [2.05, 4.69) is 18.7 Å². The van der Waals surface area contributed by atoms with Gasteiger partial charge in [0.05, 0.1) is 18.3 Å². The van der Waals surface area contributed by atoms with E-state index in [1.165, 1.54) is 6.07 Å². The van der Waals surface area contributed by atoms with E-state index in [9.17, 15) is 9.50 Å². The van der Waals surface area contributed by atoms with Gasteiger partial charge in [-0.25, -0.2) is 4.39 Å². The predicted molar refractivity (Wildman–Crippen MR) is 71.3 cm³/mol. The van der Waals surface area contributed by atoms with E-state index in [1.54, 1.807) is 12.1 Å². The first-order valence-electron chi connectivity index (χ1n) is 6.29. The minimum absolute atomic E-state index is 0.0355. The Balaban J connectivity index is 2.28. The summed E-state index contributed by atoms with van der Waals surface area (Å²) in [6.45, 7) is 5.72. The zero-order chi connectivity index (χ0) is 13.3. The van der Waals surface area contributed by atoms with Gasteiger partial charge in [0, 0.05) is 18.6 Å². The number of para-hydroxylation sites is 1. The number of nitrogens with zero attached hydrogens (tertiary/aromatic N) is 2. The molecule has 1 aliphatic rings. The highest BCUT2D eigenvalue weighted by atomic mass is 19.1. The summed E-state index contributed by atoms with van der Waals surface area (Å²) in [4.78, 5) is 4.20. The van der Waals surface area contributed by atoms with Crippen LogP contribution >= 0.6 is 0 Å². The molecule has 0 amide bonds. The highest BCUT2D eigenvalue weighted by Gasteiger charge is 2.37. The zero-order valence-electron chi connectivity index (χ0n) is 11.2. The summed E-state index contributed by atoms with van der Waals surface area (Å²) in [7, 11) is 2.01. The highest BCUT2D eigenvalue weighted by molar-refractivity contribution is 5.49. The van der Waals surface area contributed by atoms with Gasteiger partial charge < -0.3 is 10.0 Å². The van der Waals surface area contributed by atoms with Crippen LogP contribution in [-0.2, 0) is 0 Å². The topological polar surface area (TPSA) is 26.7 Å². The smallest absolute Gasteiger partial charge is 0.146 e. The van der Waals surface area contributed by atoms with Gasteiger partial charge in [0.1, 0.15) is 5.82 Å². The lowest BCUT2D eigenvalue weighted by molar-refractivity contribution is 0.0453. The fraction of sp³-hybridized carbons (Fsp3) is 0.571. The molecule has 1 aliphatic heterocycles. The van der Waals surface area contributed by atoms with Crippen LogP contribution < -0.4 is 4.90 Å². The summed E-state index contributed by atoms with van der Waals surface area (Å²) < 4.78 is 13.8. The van der Waals surface area contributed by atoms with Crippen molar-refractivity contribution in [1.82, 2.24) is 4.90 Å². The predicted octanol–water partition coefficient (Wildman–Crippen LogP) is 1.72. The van der Waals surface area contributed by atoms with Crippen molar-refractivity contribution >= 4 is 5.69 Å². The lowest BCUT2D eigenvalue weighted by atomic mass is 9.95. The monoisotopic (exact) mass is 252 g/mol. The number of anilines is 1. The van der Waals surface area contributed by atoms with Crippen molar-refractivity contribution in [2.45, 2.75) is 25.4 Å². The maximum absolute atomic E-state index is 13.8. The van der Waals surface area contributed by atoms with Gasteiger partial charge in [-0.3, -0.25) is 4.90 Å². The standard InChI is InChI=1S/C14H21FN2O/c1-14(2)10-17(8-11(9-18)16(14)3)13-7-5-4-6-12(13)15/h4-7,11,18H,8-10H2,1-3H3. The number of hydrogen-bond acceptors (Lipinski definition) is 3. The van der Waals surface area contributed by atoms with Crippen LogP contribution in [-0.4, -0.2) is 48.3 Å². The van der Waals surface area contributed by atoms with Crippen LogP contribution in [0.25, 0.3) is 0 Å². The summed E-state index contributed by atoms with van der Waals surface area (Å²) in [5, 5.41) is 9.47. The molecule has 1 fully saturated rings. The largest absolute Gasteiger partial charge is 0.395 e. The van der Waals surface area contributed by atoms with Gasteiger partial charge in [0.2, 0.25) is 0 Å². The Morgan fingerprint density at radius 1 is 1.39 bits per heavy atom. The third-order valence-corrected chi connectivity index (χ3v) is 3.92. The van der Waals surface area contributed by atoms with Crippen LogP contribution in [0, 0.1) is 5.82 Å². The molecule has 1 aromatic rings. The van der Waals surface area contributed by atoms with Crippen molar-refractivity contribution in [1.29, 1.82) is 0 Å². The minimum atomic E-state index is -0.199. The van der Waals surface area contributed by atoms with Gasteiger partial charge in [0.15, 0.2) is 0 Å². The minimum Gasteiger partial charge on any atom is -0.395 e. The summed E-state index contributed by atoms with van der Waals surface area (Å²) >= 11 is 0. The first-order chi connectivity index (χ1) is 8.45. The second kappa shape index (κ2) is 4.86. The van der Waals surface area contributed by atoms with E-state index in [1.807, 2.05) is 18.0 Å². The van der Waals surface area contributed by atoms with E-state index < -0.39 is 0 Å². The molecule has 100 valence electrons. The van der Waals surface area contributed by atoms with Gasteiger partial charge in [-0.15, -0.1) is 0 Å². The third kappa shape index (κ3) is 2.35. The van der Waals surface area contributed by atoms with Crippen LogP contribution in [0.15, 0.2) is 24.3 Å². The molecule has 0 aromatic heterocycles. The molecule has 2 rings (SSSR count). The first kappa shape index (κ1) is 13.3. The van der Waals surface area contributed by atoms with E-state index in [0.29, 0.717) is 12.2 Å². The lowest BCUT2D eigenvalue weighted by Gasteiger charge is -2.50. The molecule has 1 N–H and O–H groups in total. The van der Waals surface area contributed by atoms with Crippen molar-refractivity contribution in [3.63, 3.8) is 0 Å². The highest BCUT2D eigenvalue weighted by Crippen LogP contribution is 2.28. The maximum atomic E-state index is 13.8. The maximum Gasteiger partial charge on any atom is 0.146 e. The molecule has 1 heterocycles. The Morgan fingerprint density at radius 2 is 2.06 bits per heavy atom. The number of benzene rings is 1. The van der Waals surface area contributed by atoms with Crippen molar-refractivity contribution in [3.8, 4) is 0 Å². The fourth-order valence-corrected chi connectivity index (χ4v) is 2.59. The van der Waals surface area contributed by atoms with Crippen molar-refractivity contribution < 1.29 is 9.50 Å². The van der Waals surface area contributed by atoms with E-state index in [0.717, 1.165) is 6.54 Å². The van der Waals surface area contributed by atoms with Crippen LogP contribution in [0.2, 0.25) is 0 Å². The SMILES string of the molecule is CN1C(CO)CN(c2ccccc2F)CC1(C)C. The molecular formula is C14H21FN2O. The van der Waals surface area contributed by atoms with Crippen LogP contribution in [0.1, 0.15) is 13.8 Å². The number of halogens is 1. The number of aliphatic hydroxyl groups is 1. The summed E-state index contributed by atoms with van der Waals surface area (Å²) in [6.07, 6.45) is 0. The Kier molecular flexibility index (Phi) is 3.59. The van der Waals surface area contributed by atoms with Gasteiger partial charge >= 0.3 is 0 Å². The Labute approximate surface area is 108 Å². The van der Waals surface area contributed by atoms with Crippen LogP contribution in [0.5, 0.6) is 0 Å². The van der Waals surface area contributed by atoms with E-state index in [-0.39, 0.29) is 24.0 Å². The number of likely N-dealkylation sites (N-methyl/N-ethyl adjacent to an activating group) is 1. The average molecular weight is 252 g/mol. The molecule has 1 aromatic carbocycles. The Morgan fingerprint density at radius 3 is 2.67 bits per heavy atom. The molecule has 0 aliphatic carbocycles. The summed E-state index contributed by atoms with van der Waals surface area (Å²) in [5.74, 6) is -0.199. The molecule has 0 bridgehead atoms. The third-order valence-electron chi connectivity index (χ3n) is 3.92.